The Bertz CT molecular complexity index is 598. The Morgan fingerprint density at radius 2 is 2.15 bits per heavy atom. The molecule has 2 aromatic rings. The van der Waals surface area contributed by atoms with Gasteiger partial charge in [0.25, 0.3) is 0 Å². The maximum Gasteiger partial charge on any atom is 0.154 e. The lowest BCUT2D eigenvalue weighted by Crippen LogP contribution is -2.19. The van der Waals surface area contributed by atoms with E-state index in [4.69, 9.17) is 16.3 Å². The zero-order valence-corrected chi connectivity index (χ0v) is 11.6. The van der Waals surface area contributed by atoms with Crippen molar-refractivity contribution in [1.29, 1.82) is 0 Å². The van der Waals surface area contributed by atoms with E-state index in [-0.39, 0.29) is 11.7 Å². The van der Waals surface area contributed by atoms with E-state index in [1.54, 1.807) is 16.8 Å². The summed E-state index contributed by atoms with van der Waals surface area (Å²) in [4.78, 5) is 0. The highest BCUT2D eigenvalue weighted by atomic mass is 35.5. The molecule has 106 valence electrons. The molecule has 0 aliphatic carbocycles. The van der Waals surface area contributed by atoms with Crippen LogP contribution in [0.2, 0.25) is 5.02 Å². The first kappa shape index (κ1) is 13.5. The fourth-order valence-electron chi connectivity index (χ4n) is 2.38. The number of halogens is 2. The molecule has 0 bridgehead atoms. The van der Waals surface area contributed by atoms with Gasteiger partial charge >= 0.3 is 0 Å². The van der Waals surface area contributed by atoms with Gasteiger partial charge in [0.2, 0.25) is 0 Å². The van der Waals surface area contributed by atoms with Gasteiger partial charge in [-0.2, -0.15) is 0 Å². The van der Waals surface area contributed by atoms with Crippen molar-refractivity contribution < 1.29 is 9.13 Å². The van der Waals surface area contributed by atoms with Crippen molar-refractivity contribution in [2.45, 2.75) is 25.3 Å². The number of hydrogen-bond acceptors (Lipinski definition) is 4. The van der Waals surface area contributed by atoms with Gasteiger partial charge in [0.1, 0.15) is 5.82 Å². The molecule has 1 aromatic heterocycles. The van der Waals surface area contributed by atoms with Crippen molar-refractivity contribution in [3.05, 3.63) is 40.4 Å². The zero-order chi connectivity index (χ0) is 13.9. The molecular formula is C13H14ClFN4O. The lowest BCUT2D eigenvalue weighted by Gasteiger charge is -2.21. The Kier molecular flexibility index (Phi) is 3.93. The van der Waals surface area contributed by atoms with E-state index in [0.29, 0.717) is 30.3 Å². The highest BCUT2D eigenvalue weighted by Crippen LogP contribution is 2.25. The van der Waals surface area contributed by atoms with E-state index in [0.717, 1.165) is 18.7 Å². The Hall–Kier alpha value is -1.53. The van der Waals surface area contributed by atoms with Crippen LogP contribution in [0.1, 0.15) is 30.1 Å². The molecule has 20 heavy (non-hydrogen) atoms. The van der Waals surface area contributed by atoms with Crippen LogP contribution in [0.15, 0.2) is 18.2 Å². The monoisotopic (exact) mass is 296 g/mol. The molecule has 0 N–H and O–H groups in total. The number of hydrogen-bond donors (Lipinski definition) is 0. The van der Waals surface area contributed by atoms with Crippen molar-refractivity contribution in [3.8, 4) is 0 Å². The third-order valence-corrected chi connectivity index (χ3v) is 3.72. The van der Waals surface area contributed by atoms with Gasteiger partial charge in [-0.25, -0.2) is 9.07 Å². The van der Waals surface area contributed by atoms with Gasteiger partial charge in [-0.3, -0.25) is 0 Å². The molecule has 0 unspecified atom stereocenters. The van der Waals surface area contributed by atoms with Crippen LogP contribution in [-0.2, 0) is 11.3 Å². The van der Waals surface area contributed by atoms with Crippen LogP contribution in [0.25, 0.3) is 0 Å². The summed E-state index contributed by atoms with van der Waals surface area (Å²) >= 11 is 5.75. The quantitative estimate of drug-likeness (QED) is 0.873. The molecule has 1 saturated heterocycles. The number of ether oxygens (including phenoxy) is 1. The van der Waals surface area contributed by atoms with Crippen LogP contribution < -0.4 is 0 Å². The van der Waals surface area contributed by atoms with Crippen molar-refractivity contribution in [2.75, 3.05) is 13.2 Å². The first-order valence-corrected chi connectivity index (χ1v) is 6.89. The first-order chi connectivity index (χ1) is 9.74. The summed E-state index contributed by atoms with van der Waals surface area (Å²) in [7, 11) is 0. The fourth-order valence-corrected chi connectivity index (χ4v) is 2.54. The average Bonchev–Trinajstić information content (AvgIpc) is 2.91. The second-order valence-electron chi connectivity index (χ2n) is 4.82. The second-order valence-corrected chi connectivity index (χ2v) is 5.25. The van der Waals surface area contributed by atoms with Gasteiger partial charge in [0.15, 0.2) is 5.82 Å². The zero-order valence-electron chi connectivity index (χ0n) is 10.8. The van der Waals surface area contributed by atoms with E-state index in [1.165, 1.54) is 6.07 Å². The molecule has 0 saturated carbocycles. The maximum atomic E-state index is 13.8. The van der Waals surface area contributed by atoms with Crippen LogP contribution in [0.3, 0.4) is 0 Å². The molecular weight excluding hydrogens is 283 g/mol. The van der Waals surface area contributed by atoms with E-state index < -0.39 is 0 Å². The number of aromatic nitrogens is 4. The standard InChI is InChI=1S/C13H14ClFN4O/c14-11-2-1-10(12(15)7-11)8-19-13(16-17-18-19)9-3-5-20-6-4-9/h1-2,7,9H,3-6,8H2. The molecule has 7 heteroatoms. The van der Waals surface area contributed by atoms with Crippen molar-refractivity contribution >= 4 is 11.6 Å². The predicted molar refractivity (Wildman–Crippen MR) is 71.1 cm³/mol. The minimum Gasteiger partial charge on any atom is -0.381 e. The Morgan fingerprint density at radius 1 is 1.35 bits per heavy atom. The number of nitrogens with zero attached hydrogens (tertiary/aromatic N) is 4. The molecule has 0 amide bonds. The molecule has 3 rings (SSSR count). The van der Waals surface area contributed by atoms with Crippen molar-refractivity contribution in [3.63, 3.8) is 0 Å². The van der Waals surface area contributed by atoms with Gasteiger partial charge in [0.05, 0.1) is 6.54 Å². The van der Waals surface area contributed by atoms with Crippen molar-refractivity contribution in [2.24, 2.45) is 0 Å². The minimum atomic E-state index is -0.342. The number of benzene rings is 1. The first-order valence-electron chi connectivity index (χ1n) is 6.52. The summed E-state index contributed by atoms with van der Waals surface area (Å²) in [6.45, 7) is 1.74. The molecule has 0 atom stereocenters. The predicted octanol–water partition coefficient (Wildman–Crippen LogP) is 2.41. The molecule has 1 fully saturated rings. The summed E-state index contributed by atoms with van der Waals surface area (Å²) < 4.78 is 20.8. The molecule has 0 spiro atoms. The number of tetrazole rings is 1. The highest BCUT2D eigenvalue weighted by Gasteiger charge is 2.22. The smallest absolute Gasteiger partial charge is 0.154 e. The van der Waals surface area contributed by atoms with Crippen LogP contribution >= 0.6 is 11.6 Å². The van der Waals surface area contributed by atoms with Crippen molar-refractivity contribution in [1.82, 2.24) is 20.2 Å². The Morgan fingerprint density at radius 3 is 2.90 bits per heavy atom. The lowest BCUT2D eigenvalue weighted by atomic mass is 9.99. The lowest BCUT2D eigenvalue weighted by molar-refractivity contribution is 0.0826. The van der Waals surface area contributed by atoms with Gasteiger partial charge in [-0.05, 0) is 35.4 Å². The van der Waals surface area contributed by atoms with Gasteiger partial charge < -0.3 is 4.74 Å². The SMILES string of the molecule is Fc1cc(Cl)ccc1Cn1nnnc1C1CCOCC1. The normalized spacial score (nSPS) is 16.5. The molecule has 1 aliphatic heterocycles. The van der Waals surface area contributed by atoms with Gasteiger partial charge in [0, 0.05) is 29.7 Å². The van der Waals surface area contributed by atoms with Crippen LogP contribution in [0.5, 0.6) is 0 Å². The minimum absolute atomic E-state index is 0.272. The molecule has 1 aliphatic rings. The third-order valence-electron chi connectivity index (χ3n) is 3.48. The summed E-state index contributed by atoms with van der Waals surface area (Å²) in [5.74, 6) is 0.725. The summed E-state index contributed by atoms with van der Waals surface area (Å²) in [5.41, 5.74) is 0.523. The summed E-state index contributed by atoms with van der Waals surface area (Å²) in [6, 6.07) is 4.63. The fraction of sp³-hybridized carbons (Fsp3) is 0.462. The Labute approximate surface area is 120 Å². The van der Waals surface area contributed by atoms with Crippen LogP contribution in [0, 0.1) is 5.82 Å². The Balaban J connectivity index is 1.82. The topological polar surface area (TPSA) is 52.8 Å². The van der Waals surface area contributed by atoms with E-state index in [1.807, 2.05) is 0 Å². The maximum absolute atomic E-state index is 13.8. The van der Waals surface area contributed by atoms with E-state index in [2.05, 4.69) is 15.5 Å². The van der Waals surface area contributed by atoms with Crippen LogP contribution in [-0.4, -0.2) is 33.4 Å². The largest absolute Gasteiger partial charge is 0.381 e. The van der Waals surface area contributed by atoms with E-state index in [9.17, 15) is 4.39 Å². The molecule has 2 heterocycles. The number of rotatable bonds is 3. The molecule has 5 nitrogen and oxygen atoms in total. The molecule has 0 radical (unpaired) electrons. The summed E-state index contributed by atoms with van der Waals surface area (Å²) in [5, 5.41) is 12.1. The second kappa shape index (κ2) is 5.85. The summed E-state index contributed by atoms with van der Waals surface area (Å²) in [6.07, 6.45) is 1.78. The highest BCUT2D eigenvalue weighted by molar-refractivity contribution is 6.30. The van der Waals surface area contributed by atoms with E-state index >= 15 is 0 Å². The average molecular weight is 297 g/mol. The van der Waals surface area contributed by atoms with Gasteiger partial charge in [-0.1, -0.05) is 17.7 Å². The van der Waals surface area contributed by atoms with Crippen LogP contribution in [0.4, 0.5) is 4.39 Å². The third kappa shape index (κ3) is 2.81. The van der Waals surface area contributed by atoms with Gasteiger partial charge in [-0.15, -0.1) is 5.10 Å². The molecule has 1 aromatic carbocycles.